The second-order valence-corrected chi connectivity index (χ2v) is 11.1. The minimum absolute atomic E-state index is 0.0762. The van der Waals surface area contributed by atoms with Crippen LogP contribution in [0.1, 0.15) is 11.1 Å². The lowest BCUT2D eigenvalue weighted by molar-refractivity contribution is 0.171. The van der Waals surface area contributed by atoms with Gasteiger partial charge in [-0.3, -0.25) is 9.58 Å². The Morgan fingerprint density at radius 3 is 2.62 bits per heavy atom. The van der Waals surface area contributed by atoms with Crippen molar-refractivity contribution in [1.29, 1.82) is 5.26 Å². The largest absolute Gasteiger partial charge is 0.481 e. The van der Waals surface area contributed by atoms with Gasteiger partial charge >= 0.3 is 0 Å². The molecule has 3 atom stereocenters. The number of nitriles is 1. The average Bonchev–Trinajstić information content (AvgIpc) is 3.67. The fourth-order valence-electron chi connectivity index (χ4n) is 6.36. The molecule has 5 aromatic heterocycles. The van der Waals surface area contributed by atoms with Gasteiger partial charge in [0.1, 0.15) is 11.9 Å². The maximum Gasteiger partial charge on any atom is 0.212 e. The minimum Gasteiger partial charge on any atom is -0.481 e. The number of aromatic nitrogens is 6. The standard InChI is InChI=1S/C30H30N10O2/c1-37-14-23(12-35-37)21-7-24(28-22(8-31)11-36-40(28)15-21)20-4-5-26(33-10-20)39-16-25-29(39)30(32,18-41)17-38(25)13-19-3-6-27(42-2)34-9-19/h3-7,9-12,14-15,25,29,41H,13,16-18,32H2,1-2H3/t25-,29+,30+/m0/s1. The average molecular weight is 563 g/mol. The fraction of sp³-hybridized carbons (Fsp3) is 0.300. The molecule has 0 saturated carbocycles. The third kappa shape index (κ3) is 4.18. The van der Waals surface area contributed by atoms with Crippen LogP contribution in [-0.2, 0) is 13.6 Å². The van der Waals surface area contributed by atoms with E-state index in [9.17, 15) is 10.4 Å². The first-order chi connectivity index (χ1) is 20.4. The summed E-state index contributed by atoms with van der Waals surface area (Å²) < 4.78 is 8.67. The van der Waals surface area contributed by atoms with Crippen LogP contribution in [0.25, 0.3) is 27.8 Å². The lowest BCUT2D eigenvalue weighted by Gasteiger charge is -2.51. The molecular weight excluding hydrogens is 532 g/mol. The van der Waals surface area contributed by atoms with E-state index in [1.54, 1.807) is 28.7 Å². The summed E-state index contributed by atoms with van der Waals surface area (Å²) >= 11 is 0. The first kappa shape index (κ1) is 26.1. The summed E-state index contributed by atoms with van der Waals surface area (Å²) in [5.41, 5.74) is 11.9. The number of aliphatic hydroxyl groups is 1. The molecule has 2 aliphatic heterocycles. The van der Waals surface area contributed by atoms with Gasteiger partial charge in [-0.05, 0) is 23.8 Å². The molecule has 3 N–H and O–H groups in total. The van der Waals surface area contributed by atoms with E-state index in [1.165, 1.54) is 0 Å². The number of rotatable bonds is 7. The van der Waals surface area contributed by atoms with E-state index >= 15 is 0 Å². The van der Waals surface area contributed by atoms with Gasteiger partial charge < -0.3 is 20.5 Å². The Hall–Kier alpha value is -4.83. The van der Waals surface area contributed by atoms with Crippen LogP contribution in [0.4, 0.5) is 5.82 Å². The molecule has 0 bridgehead atoms. The SMILES string of the molecule is COc1ccc(CN2C[C@@](N)(CO)[C@H]3[C@@H]2CN3c2ccc(-c3cc(-c4cnn(C)c4)cn4ncc(C#N)c34)cn2)cn1. The van der Waals surface area contributed by atoms with Gasteiger partial charge in [-0.25, -0.2) is 14.5 Å². The van der Waals surface area contributed by atoms with Crippen molar-refractivity contribution in [2.45, 2.75) is 24.2 Å². The number of nitrogens with two attached hydrogens (primary N) is 1. The smallest absolute Gasteiger partial charge is 0.212 e. The number of aryl methyl sites for hydroxylation is 1. The topological polar surface area (TPSA) is 147 Å². The van der Waals surface area contributed by atoms with Crippen LogP contribution in [0.2, 0.25) is 0 Å². The Morgan fingerprint density at radius 1 is 1.07 bits per heavy atom. The molecule has 0 spiro atoms. The number of fused-ring (bicyclic) bond motifs is 2. The van der Waals surface area contributed by atoms with Gasteiger partial charge in [-0.2, -0.15) is 15.5 Å². The Morgan fingerprint density at radius 2 is 1.95 bits per heavy atom. The van der Waals surface area contributed by atoms with Crippen molar-refractivity contribution >= 4 is 11.3 Å². The maximum atomic E-state index is 10.3. The summed E-state index contributed by atoms with van der Waals surface area (Å²) in [5.74, 6) is 1.37. The Bertz CT molecular complexity index is 1810. The number of hydrogen-bond donors (Lipinski definition) is 2. The molecule has 0 amide bonds. The van der Waals surface area contributed by atoms with E-state index in [-0.39, 0.29) is 18.7 Å². The van der Waals surface area contributed by atoms with Crippen molar-refractivity contribution in [3.63, 3.8) is 0 Å². The number of nitrogens with zero attached hydrogens (tertiary/aromatic N) is 9. The third-order valence-electron chi connectivity index (χ3n) is 8.45. The van der Waals surface area contributed by atoms with Gasteiger partial charge in [0.25, 0.3) is 0 Å². The molecule has 2 saturated heterocycles. The quantitative estimate of drug-likeness (QED) is 0.301. The number of aliphatic hydroxyl groups excluding tert-OH is 1. The molecule has 2 aliphatic rings. The molecule has 42 heavy (non-hydrogen) atoms. The number of pyridine rings is 3. The second kappa shape index (κ2) is 9.92. The minimum atomic E-state index is -0.785. The first-order valence-electron chi connectivity index (χ1n) is 13.7. The monoisotopic (exact) mass is 562 g/mol. The van der Waals surface area contributed by atoms with Gasteiger partial charge in [-0.1, -0.05) is 6.07 Å². The molecule has 212 valence electrons. The highest BCUT2D eigenvalue weighted by atomic mass is 16.5. The molecule has 0 aromatic carbocycles. The lowest BCUT2D eigenvalue weighted by Crippen LogP contribution is -2.71. The number of likely N-dealkylation sites (tertiary alicyclic amines) is 1. The predicted octanol–water partition coefficient (Wildman–Crippen LogP) is 1.83. The molecular formula is C30H30N10O2. The zero-order valence-electron chi connectivity index (χ0n) is 23.3. The molecule has 0 unspecified atom stereocenters. The number of hydrogen-bond acceptors (Lipinski definition) is 10. The van der Waals surface area contributed by atoms with Gasteiger partial charge in [0, 0.05) is 85.8 Å². The summed E-state index contributed by atoms with van der Waals surface area (Å²) in [6.45, 7) is 1.88. The summed E-state index contributed by atoms with van der Waals surface area (Å²) in [6, 6.07) is 12.3. The second-order valence-electron chi connectivity index (χ2n) is 11.1. The van der Waals surface area contributed by atoms with Crippen LogP contribution in [0.3, 0.4) is 0 Å². The van der Waals surface area contributed by atoms with Crippen LogP contribution in [0.5, 0.6) is 5.88 Å². The van der Waals surface area contributed by atoms with E-state index in [2.05, 4.69) is 31.1 Å². The molecule has 2 fully saturated rings. The van der Waals surface area contributed by atoms with E-state index < -0.39 is 5.54 Å². The highest BCUT2D eigenvalue weighted by Crippen LogP contribution is 2.41. The Kier molecular flexibility index (Phi) is 6.16. The van der Waals surface area contributed by atoms with Crippen LogP contribution in [-0.4, -0.2) is 83.8 Å². The van der Waals surface area contributed by atoms with E-state index in [4.69, 9.17) is 15.5 Å². The summed E-state index contributed by atoms with van der Waals surface area (Å²) in [7, 11) is 3.47. The zero-order chi connectivity index (χ0) is 29.0. The lowest BCUT2D eigenvalue weighted by atomic mass is 9.84. The molecule has 0 radical (unpaired) electrons. The molecule has 7 heterocycles. The molecule has 12 heteroatoms. The number of ether oxygens (including phenoxy) is 1. The van der Waals surface area contributed by atoms with Crippen LogP contribution in [0, 0.1) is 11.3 Å². The normalized spacial score (nSPS) is 21.7. The van der Waals surface area contributed by atoms with E-state index in [0.29, 0.717) is 24.5 Å². The predicted molar refractivity (Wildman–Crippen MR) is 155 cm³/mol. The zero-order valence-corrected chi connectivity index (χ0v) is 23.3. The van der Waals surface area contributed by atoms with Crippen molar-refractivity contribution in [3.8, 4) is 34.2 Å². The van der Waals surface area contributed by atoms with Gasteiger partial charge in [0.2, 0.25) is 5.88 Å². The maximum absolute atomic E-state index is 10.3. The number of methoxy groups -OCH3 is 1. The Balaban J connectivity index is 1.17. The van der Waals surface area contributed by atoms with E-state index in [1.807, 2.05) is 62.2 Å². The third-order valence-corrected chi connectivity index (χ3v) is 8.45. The molecule has 7 rings (SSSR count). The summed E-state index contributed by atoms with van der Waals surface area (Å²) in [5, 5.41) is 28.8. The van der Waals surface area contributed by atoms with Gasteiger partial charge in [0.15, 0.2) is 0 Å². The highest BCUT2D eigenvalue weighted by Gasteiger charge is 2.59. The van der Waals surface area contributed by atoms with Crippen molar-refractivity contribution in [1.82, 2.24) is 34.3 Å². The van der Waals surface area contributed by atoms with Crippen LogP contribution < -0.4 is 15.4 Å². The fourth-order valence-corrected chi connectivity index (χ4v) is 6.36. The van der Waals surface area contributed by atoms with Crippen molar-refractivity contribution in [2.75, 3.05) is 31.7 Å². The van der Waals surface area contributed by atoms with Crippen molar-refractivity contribution in [2.24, 2.45) is 12.8 Å². The molecule has 12 nitrogen and oxygen atoms in total. The van der Waals surface area contributed by atoms with Gasteiger partial charge in [-0.15, -0.1) is 0 Å². The van der Waals surface area contributed by atoms with Crippen molar-refractivity contribution in [3.05, 3.63) is 78.6 Å². The summed E-state index contributed by atoms with van der Waals surface area (Å²) in [6.07, 6.45) is 10.9. The first-order valence-corrected chi connectivity index (χ1v) is 13.7. The van der Waals surface area contributed by atoms with Crippen LogP contribution >= 0.6 is 0 Å². The van der Waals surface area contributed by atoms with E-state index in [0.717, 1.165) is 45.7 Å². The number of anilines is 1. The van der Waals surface area contributed by atoms with Crippen LogP contribution in [0.15, 0.2) is 67.5 Å². The van der Waals surface area contributed by atoms with Crippen molar-refractivity contribution < 1.29 is 9.84 Å². The van der Waals surface area contributed by atoms with Gasteiger partial charge in [0.05, 0.1) is 48.8 Å². The summed E-state index contributed by atoms with van der Waals surface area (Å²) in [4.78, 5) is 13.7. The highest BCUT2D eigenvalue weighted by molar-refractivity contribution is 5.87. The molecule has 0 aliphatic carbocycles. The molecule has 5 aromatic rings. The Labute approximate surface area is 242 Å².